The van der Waals surface area contributed by atoms with Crippen LogP contribution >= 0.6 is 11.8 Å². The molecule has 1 aliphatic heterocycles. The number of hydrogen-bond donors (Lipinski definition) is 1. The third-order valence-corrected chi connectivity index (χ3v) is 5.34. The molecule has 2 heterocycles. The Bertz CT molecular complexity index is 825. The second kappa shape index (κ2) is 7.04. The summed E-state index contributed by atoms with van der Waals surface area (Å²) in [5.74, 6) is 0.875. The van der Waals surface area contributed by atoms with Gasteiger partial charge in [0, 0.05) is 27.5 Å². The van der Waals surface area contributed by atoms with Crippen LogP contribution in [-0.4, -0.2) is 42.1 Å². The summed E-state index contributed by atoms with van der Waals surface area (Å²) in [5, 5.41) is 0. The number of ether oxygens (including phenoxy) is 1. The van der Waals surface area contributed by atoms with Crippen LogP contribution in [0, 0.1) is 0 Å². The number of rotatable bonds is 5. The summed E-state index contributed by atoms with van der Waals surface area (Å²) in [6, 6.07) is 16.9. The normalized spacial score (nSPS) is 12.4. The van der Waals surface area contributed by atoms with E-state index in [0.29, 0.717) is 13.2 Å². The number of aromatic nitrogens is 2. The zero-order chi connectivity index (χ0) is 17.2. The van der Waals surface area contributed by atoms with Crippen molar-refractivity contribution in [3.8, 4) is 22.5 Å². The van der Waals surface area contributed by atoms with Crippen molar-refractivity contribution in [1.29, 1.82) is 0 Å². The molecule has 0 unspecified atom stereocenters. The smallest absolute Gasteiger partial charge is 0.133 e. The van der Waals surface area contributed by atoms with Gasteiger partial charge in [0.15, 0.2) is 0 Å². The maximum atomic E-state index is 5.77. The number of H-pyrrole nitrogens is 1. The highest BCUT2D eigenvalue weighted by atomic mass is 32.2. The summed E-state index contributed by atoms with van der Waals surface area (Å²) in [7, 11) is 4.09. The molecule has 3 aromatic rings. The van der Waals surface area contributed by atoms with Crippen LogP contribution in [0.25, 0.3) is 22.5 Å². The summed E-state index contributed by atoms with van der Waals surface area (Å²) in [5.41, 5.74) is 4.47. The fourth-order valence-corrected chi connectivity index (χ4v) is 4.01. The second-order valence-electron chi connectivity index (χ2n) is 6.36. The zero-order valence-corrected chi connectivity index (χ0v) is 15.3. The number of benzene rings is 2. The van der Waals surface area contributed by atoms with E-state index in [1.54, 1.807) is 11.8 Å². The summed E-state index contributed by atoms with van der Waals surface area (Å²) >= 11 is 1.80. The molecule has 25 heavy (non-hydrogen) atoms. The number of hydrogen-bond acceptors (Lipinski definition) is 4. The molecule has 1 aliphatic rings. The molecule has 2 aromatic carbocycles. The molecule has 1 N–H and O–H groups in total. The van der Waals surface area contributed by atoms with Gasteiger partial charge in [-0.05, 0) is 26.2 Å². The van der Waals surface area contributed by atoms with E-state index in [0.717, 1.165) is 23.8 Å². The standard InChI is InChI=1S/C20H21N3OS/c1-23(2)11-12-24-13-18-21-19-14-7-3-5-9-16(14)25-17-10-6-4-8-15(17)20(19)22-18/h3-10H,11-13H2,1-2H3,(H,21,22). The Morgan fingerprint density at radius 2 is 1.68 bits per heavy atom. The van der Waals surface area contributed by atoms with Gasteiger partial charge < -0.3 is 14.6 Å². The maximum absolute atomic E-state index is 5.77. The predicted octanol–water partition coefficient (Wildman–Crippen LogP) is 4.29. The number of imidazole rings is 1. The highest BCUT2D eigenvalue weighted by molar-refractivity contribution is 7.99. The third-order valence-electron chi connectivity index (χ3n) is 4.19. The van der Waals surface area contributed by atoms with E-state index in [1.807, 2.05) is 14.1 Å². The van der Waals surface area contributed by atoms with Crippen molar-refractivity contribution in [2.24, 2.45) is 0 Å². The average Bonchev–Trinajstić information content (AvgIpc) is 2.98. The molecule has 0 amide bonds. The number of nitrogens with one attached hydrogen (secondary N) is 1. The van der Waals surface area contributed by atoms with E-state index in [9.17, 15) is 0 Å². The largest absolute Gasteiger partial charge is 0.372 e. The highest BCUT2D eigenvalue weighted by Gasteiger charge is 2.23. The van der Waals surface area contributed by atoms with Gasteiger partial charge in [0.2, 0.25) is 0 Å². The van der Waals surface area contributed by atoms with Gasteiger partial charge in [-0.25, -0.2) is 4.98 Å². The quantitative estimate of drug-likeness (QED) is 0.545. The highest BCUT2D eigenvalue weighted by Crippen LogP contribution is 2.46. The predicted molar refractivity (Wildman–Crippen MR) is 102 cm³/mol. The summed E-state index contributed by atoms with van der Waals surface area (Å²) in [4.78, 5) is 13.0. The van der Waals surface area contributed by atoms with Gasteiger partial charge in [-0.2, -0.15) is 0 Å². The Balaban J connectivity index is 1.71. The van der Waals surface area contributed by atoms with E-state index in [-0.39, 0.29) is 0 Å². The van der Waals surface area contributed by atoms with Crippen LogP contribution in [-0.2, 0) is 11.3 Å². The van der Waals surface area contributed by atoms with Crippen LogP contribution < -0.4 is 0 Å². The van der Waals surface area contributed by atoms with Crippen LogP contribution in [0.4, 0.5) is 0 Å². The fraction of sp³-hybridized carbons (Fsp3) is 0.250. The van der Waals surface area contributed by atoms with Crippen molar-refractivity contribution in [3.05, 3.63) is 54.4 Å². The molecule has 4 nitrogen and oxygen atoms in total. The number of aromatic amines is 1. The first kappa shape index (κ1) is 16.4. The molecule has 5 heteroatoms. The van der Waals surface area contributed by atoms with Gasteiger partial charge >= 0.3 is 0 Å². The van der Waals surface area contributed by atoms with Gasteiger partial charge in [-0.15, -0.1) is 0 Å². The molecule has 0 radical (unpaired) electrons. The second-order valence-corrected chi connectivity index (χ2v) is 7.44. The van der Waals surface area contributed by atoms with Crippen molar-refractivity contribution in [1.82, 2.24) is 14.9 Å². The third kappa shape index (κ3) is 3.35. The Hall–Kier alpha value is -2.08. The molecular weight excluding hydrogens is 330 g/mol. The van der Waals surface area contributed by atoms with E-state index in [2.05, 4.69) is 58.4 Å². The van der Waals surface area contributed by atoms with Crippen molar-refractivity contribution in [3.63, 3.8) is 0 Å². The van der Waals surface area contributed by atoms with Gasteiger partial charge in [-0.3, -0.25) is 0 Å². The van der Waals surface area contributed by atoms with E-state index in [1.165, 1.54) is 20.9 Å². The monoisotopic (exact) mass is 351 g/mol. The SMILES string of the molecule is CN(C)CCOCc1nc2c([nH]1)-c1ccccc1Sc1ccccc1-2. The zero-order valence-electron chi connectivity index (χ0n) is 14.5. The van der Waals surface area contributed by atoms with Crippen molar-refractivity contribution >= 4 is 11.8 Å². The Morgan fingerprint density at radius 1 is 1.00 bits per heavy atom. The van der Waals surface area contributed by atoms with Gasteiger partial charge in [0.25, 0.3) is 0 Å². The van der Waals surface area contributed by atoms with Crippen LogP contribution in [0.1, 0.15) is 5.82 Å². The Morgan fingerprint density at radius 3 is 2.44 bits per heavy atom. The molecular formula is C20H21N3OS. The topological polar surface area (TPSA) is 41.1 Å². The van der Waals surface area contributed by atoms with E-state index < -0.39 is 0 Å². The molecule has 0 aliphatic carbocycles. The summed E-state index contributed by atoms with van der Waals surface area (Å²) in [6.07, 6.45) is 0. The molecule has 128 valence electrons. The van der Waals surface area contributed by atoms with Crippen LogP contribution in [0.5, 0.6) is 0 Å². The molecule has 1 aromatic heterocycles. The van der Waals surface area contributed by atoms with Crippen molar-refractivity contribution in [2.45, 2.75) is 16.4 Å². The van der Waals surface area contributed by atoms with E-state index in [4.69, 9.17) is 9.72 Å². The minimum absolute atomic E-state index is 0.498. The molecule has 0 bridgehead atoms. The molecule has 0 fully saturated rings. The molecule has 0 saturated carbocycles. The van der Waals surface area contributed by atoms with Crippen LogP contribution in [0.15, 0.2) is 58.3 Å². The average molecular weight is 351 g/mol. The van der Waals surface area contributed by atoms with E-state index >= 15 is 0 Å². The summed E-state index contributed by atoms with van der Waals surface area (Å²) < 4.78 is 5.77. The van der Waals surface area contributed by atoms with Crippen LogP contribution in [0.3, 0.4) is 0 Å². The Labute approximate surface area is 152 Å². The lowest BCUT2D eigenvalue weighted by Crippen LogP contribution is -2.18. The molecule has 4 rings (SSSR count). The van der Waals surface area contributed by atoms with Gasteiger partial charge in [0.1, 0.15) is 12.4 Å². The Kier molecular flexibility index (Phi) is 4.61. The first-order valence-corrected chi connectivity index (χ1v) is 9.22. The fourth-order valence-electron chi connectivity index (χ4n) is 2.93. The van der Waals surface area contributed by atoms with Gasteiger partial charge in [-0.1, -0.05) is 48.2 Å². The lowest BCUT2D eigenvalue weighted by atomic mass is 10.1. The number of fused-ring (bicyclic) bond motifs is 5. The van der Waals surface area contributed by atoms with Crippen molar-refractivity contribution < 1.29 is 4.74 Å². The molecule has 0 saturated heterocycles. The van der Waals surface area contributed by atoms with Crippen molar-refractivity contribution in [2.75, 3.05) is 27.2 Å². The molecule has 0 spiro atoms. The first-order valence-electron chi connectivity index (χ1n) is 8.40. The minimum atomic E-state index is 0.498. The van der Waals surface area contributed by atoms with Gasteiger partial charge in [0.05, 0.1) is 18.0 Å². The summed E-state index contributed by atoms with van der Waals surface area (Å²) in [6.45, 7) is 2.10. The minimum Gasteiger partial charge on any atom is -0.372 e. The molecule has 0 atom stereocenters. The lowest BCUT2D eigenvalue weighted by molar-refractivity contribution is 0.101. The maximum Gasteiger partial charge on any atom is 0.133 e. The first-order chi connectivity index (χ1) is 12.2. The lowest BCUT2D eigenvalue weighted by Gasteiger charge is -2.09. The number of likely N-dealkylation sites (N-methyl/N-ethyl adjacent to an activating group) is 1. The van der Waals surface area contributed by atoms with Crippen LogP contribution in [0.2, 0.25) is 0 Å². The number of nitrogens with zero attached hydrogens (tertiary/aromatic N) is 2.